The predicted octanol–water partition coefficient (Wildman–Crippen LogP) is 4.69. The summed E-state index contributed by atoms with van der Waals surface area (Å²) in [6.07, 6.45) is 4.85. The third-order valence-corrected chi connectivity index (χ3v) is 9.50. The molecule has 0 aromatic carbocycles. The summed E-state index contributed by atoms with van der Waals surface area (Å²) in [5, 5.41) is 45.0. The molecule has 9 heteroatoms. The Morgan fingerprint density at radius 3 is 2.25 bits per heavy atom. The van der Waals surface area contributed by atoms with E-state index in [0.29, 0.717) is 6.42 Å². The molecule has 0 amide bonds. The summed E-state index contributed by atoms with van der Waals surface area (Å²) in [5.74, 6) is -4.49. The van der Waals surface area contributed by atoms with Crippen molar-refractivity contribution in [2.24, 2.45) is 35.5 Å². The number of rotatable bonds is 7. The summed E-state index contributed by atoms with van der Waals surface area (Å²) in [6.45, 7) is 17.0. The molecule has 1 fully saturated rings. The zero-order chi connectivity index (χ0) is 33.5. The molecule has 252 valence electrons. The maximum absolute atomic E-state index is 13.5. The lowest BCUT2D eigenvalue weighted by molar-refractivity contribution is -0.328. The lowest BCUT2D eigenvalue weighted by Crippen LogP contribution is -2.59. The second-order valence-electron chi connectivity index (χ2n) is 13.6. The van der Waals surface area contributed by atoms with Gasteiger partial charge in [0.2, 0.25) is 5.76 Å². The molecule has 0 bridgehead atoms. The largest absolute Gasteiger partial charge is 0.490 e. The smallest absolute Gasteiger partial charge is 0.373 e. The van der Waals surface area contributed by atoms with E-state index in [2.05, 4.69) is 0 Å². The van der Waals surface area contributed by atoms with E-state index in [1.54, 1.807) is 26.0 Å². The monoisotopic (exact) mass is 622 g/mol. The summed E-state index contributed by atoms with van der Waals surface area (Å²) < 4.78 is 23.4. The van der Waals surface area contributed by atoms with E-state index in [0.717, 1.165) is 11.1 Å². The molecule has 1 saturated heterocycles. The molecule has 44 heavy (non-hydrogen) atoms. The molecule has 0 aliphatic carbocycles. The van der Waals surface area contributed by atoms with Crippen molar-refractivity contribution in [2.75, 3.05) is 14.2 Å². The average molecular weight is 623 g/mol. The molecule has 0 spiro atoms. The van der Waals surface area contributed by atoms with Crippen LogP contribution in [0, 0.1) is 35.5 Å². The van der Waals surface area contributed by atoms with Gasteiger partial charge in [0.15, 0.2) is 5.79 Å². The number of allylic oxidation sites excluding steroid dienone is 5. The number of hydrogen-bond donors (Lipinski definition) is 4. The minimum atomic E-state index is -1.80. The first-order valence-electron chi connectivity index (χ1n) is 15.9. The van der Waals surface area contributed by atoms with Crippen LogP contribution in [0.2, 0.25) is 0 Å². The van der Waals surface area contributed by atoms with Gasteiger partial charge in [0.1, 0.15) is 12.2 Å². The highest BCUT2D eigenvalue weighted by Crippen LogP contribution is 2.41. The second-order valence-corrected chi connectivity index (χ2v) is 13.6. The van der Waals surface area contributed by atoms with Crippen LogP contribution < -0.4 is 0 Å². The van der Waals surface area contributed by atoms with Crippen molar-refractivity contribution in [3.8, 4) is 0 Å². The lowest BCUT2D eigenvalue weighted by Gasteiger charge is -2.49. The topological polar surface area (TPSA) is 135 Å². The van der Waals surface area contributed by atoms with E-state index in [4.69, 9.17) is 18.9 Å². The highest BCUT2D eigenvalue weighted by atomic mass is 16.6. The minimum absolute atomic E-state index is 0.00492. The zero-order valence-corrected chi connectivity index (χ0v) is 28.6. The normalized spacial score (nSPS) is 38.1. The number of aliphatic hydroxyl groups is 4. The van der Waals surface area contributed by atoms with Gasteiger partial charge in [-0.25, -0.2) is 4.79 Å². The standard InChI is InChI=1S/C35H58O9/c1-19(2)32-24(7)27(36)18-35(40,44-32)26(9)31(38)25(8)33-28(41-10)14-12-13-20(3)15-22(5)30(37)23(6)16-21(4)17-29(42-11)34(39)43-33/h12-14,16-17,19,22-28,30-33,36-38,40H,15,18H2,1-11H3/b14-12?,20-13+,21-16?,29-17?/t22-,23+,24-,25-,26-,27+,28-,30-,31+,32+,33?,35+/m0/s1. The maximum atomic E-state index is 13.5. The molecular formula is C35H58O9. The van der Waals surface area contributed by atoms with Crippen LogP contribution in [-0.2, 0) is 23.7 Å². The number of carbonyl (C=O) groups excluding carboxylic acids is 1. The van der Waals surface area contributed by atoms with E-state index in [1.165, 1.54) is 14.2 Å². The van der Waals surface area contributed by atoms with Gasteiger partial charge in [-0.2, -0.15) is 0 Å². The number of aliphatic hydroxyl groups excluding tert-OH is 3. The first kappa shape index (κ1) is 38.2. The molecule has 9 nitrogen and oxygen atoms in total. The number of esters is 1. The molecule has 12 atom stereocenters. The van der Waals surface area contributed by atoms with Crippen LogP contribution in [0.3, 0.4) is 0 Å². The van der Waals surface area contributed by atoms with E-state index in [-0.39, 0.29) is 35.9 Å². The van der Waals surface area contributed by atoms with Gasteiger partial charge in [-0.05, 0) is 38.2 Å². The summed E-state index contributed by atoms with van der Waals surface area (Å²) in [7, 11) is 2.87. The first-order valence-corrected chi connectivity index (χ1v) is 15.9. The molecule has 2 rings (SSSR count). The Bertz CT molecular complexity index is 1060. The Balaban J connectivity index is 2.52. The number of hydrogen-bond acceptors (Lipinski definition) is 9. The summed E-state index contributed by atoms with van der Waals surface area (Å²) in [5.41, 5.74) is 1.78. The van der Waals surface area contributed by atoms with Gasteiger partial charge in [-0.15, -0.1) is 0 Å². The van der Waals surface area contributed by atoms with Crippen LogP contribution in [0.4, 0.5) is 0 Å². The molecule has 2 heterocycles. The Labute approximate surface area is 264 Å². The average Bonchev–Trinajstić information content (AvgIpc) is 2.96. The Morgan fingerprint density at radius 1 is 1.05 bits per heavy atom. The fourth-order valence-corrected chi connectivity index (χ4v) is 6.54. The van der Waals surface area contributed by atoms with E-state index >= 15 is 0 Å². The number of methoxy groups -OCH3 is 2. The van der Waals surface area contributed by atoms with Crippen molar-refractivity contribution < 1.29 is 44.2 Å². The minimum Gasteiger partial charge on any atom is -0.490 e. The molecule has 2 aliphatic heterocycles. The van der Waals surface area contributed by atoms with Crippen LogP contribution in [0.1, 0.15) is 75.2 Å². The lowest BCUT2D eigenvalue weighted by atomic mass is 9.76. The van der Waals surface area contributed by atoms with E-state index in [9.17, 15) is 25.2 Å². The second kappa shape index (κ2) is 16.5. The van der Waals surface area contributed by atoms with Crippen molar-refractivity contribution in [2.45, 2.75) is 118 Å². The van der Waals surface area contributed by atoms with Crippen LogP contribution in [-0.4, -0.2) is 83.0 Å². The van der Waals surface area contributed by atoms with Crippen LogP contribution in [0.5, 0.6) is 0 Å². The van der Waals surface area contributed by atoms with E-state index < -0.39 is 60.2 Å². The molecule has 0 aromatic heterocycles. The van der Waals surface area contributed by atoms with Crippen LogP contribution >= 0.6 is 0 Å². The molecule has 2 aliphatic rings. The fourth-order valence-electron chi connectivity index (χ4n) is 6.54. The SMILES string of the molecule is COC1=CC(C)=C[C@@H](C)[C@@H](O)[C@@H](C)C/C(C)=C/C=C[C@H](OC)C([C@@H](C)[C@@H](O)[C@H](C)[C@@]2(O)C[C@@H](O)[C@H](C)[C@@H](C(C)C)O2)OC1=O. The van der Waals surface area contributed by atoms with Gasteiger partial charge in [-0.3, -0.25) is 0 Å². The Hall–Kier alpha value is -2.01. The highest BCUT2D eigenvalue weighted by molar-refractivity contribution is 5.87. The molecule has 4 N–H and O–H groups in total. The third kappa shape index (κ3) is 9.50. The highest BCUT2D eigenvalue weighted by Gasteiger charge is 2.51. The molecule has 0 aromatic rings. The molecule has 0 saturated carbocycles. The first-order chi connectivity index (χ1) is 20.5. The van der Waals surface area contributed by atoms with Crippen molar-refractivity contribution in [1.29, 1.82) is 0 Å². The number of cyclic esters (lactones) is 1. The third-order valence-electron chi connectivity index (χ3n) is 9.50. The van der Waals surface area contributed by atoms with Crippen molar-refractivity contribution in [1.82, 2.24) is 0 Å². The molecular weight excluding hydrogens is 564 g/mol. The van der Waals surface area contributed by atoms with Crippen LogP contribution in [0.15, 0.2) is 47.3 Å². The number of ether oxygens (including phenoxy) is 4. The quantitative estimate of drug-likeness (QED) is 0.298. The predicted molar refractivity (Wildman–Crippen MR) is 170 cm³/mol. The maximum Gasteiger partial charge on any atom is 0.373 e. The molecule has 0 radical (unpaired) electrons. The van der Waals surface area contributed by atoms with Gasteiger partial charge >= 0.3 is 5.97 Å². The van der Waals surface area contributed by atoms with Gasteiger partial charge in [0.25, 0.3) is 0 Å². The van der Waals surface area contributed by atoms with E-state index in [1.807, 2.05) is 66.7 Å². The Kier molecular flexibility index (Phi) is 14.3. The Morgan fingerprint density at radius 2 is 1.68 bits per heavy atom. The fraction of sp³-hybridized carbons (Fsp3) is 0.743. The van der Waals surface area contributed by atoms with Gasteiger partial charge in [0.05, 0.1) is 31.5 Å². The summed E-state index contributed by atoms with van der Waals surface area (Å²) in [4.78, 5) is 13.5. The van der Waals surface area contributed by atoms with Crippen molar-refractivity contribution in [3.63, 3.8) is 0 Å². The van der Waals surface area contributed by atoms with Crippen molar-refractivity contribution >= 4 is 5.97 Å². The summed E-state index contributed by atoms with van der Waals surface area (Å²) >= 11 is 0. The number of carbonyl (C=O) groups is 1. The zero-order valence-electron chi connectivity index (χ0n) is 28.6. The van der Waals surface area contributed by atoms with Crippen molar-refractivity contribution in [3.05, 3.63) is 47.3 Å². The van der Waals surface area contributed by atoms with Gasteiger partial charge < -0.3 is 39.4 Å². The van der Waals surface area contributed by atoms with Gasteiger partial charge in [-0.1, -0.05) is 83.9 Å². The molecule has 1 unspecified atom stereocenters. The van der Waals surface area contributed by atoms with Crippen LogP contribution in [0.25, 0.3) is 0 Å². The summed E-state index contributed by atoms with van der Waals surface area (Å²) in [6, 6.07) is 0. The van der Waals surface area contributed by atoms with Gasteiger partial charge in [0, 0.05) is 37.2 Å².